The Labute approximate surface area is 462 Å². The molecular formula is C56H66ClN3O16S2. The molecule has 0 aliphatic carbocycles. The molecule has 0 aliphatic rings. The average Bonchev–Trinajstić information content (AvgIpc) is 3.58. The van der Waals surface area contributed by atoms with Crippen molar-refractivity contribution < 1.29 is 69.4 Å². The molecule has 1 atom stereocenters. The molecule has 0 saturated carbocycles. The van der Waals surface area contributed by atoms with E-state index in [1.807, 2.05) is 29.2 Å². The maximum atomic E-state index is 12.9. The van der Waals surface area contributed by atoms with Crippen LogP contribution in [0.15, 0.2) is 113 Å². The minimum atomic E-state index is -1.78. The molecule has 8 N–H and O–H groups in total. The van der Waals surface area contributed by atoms with Crippen molar-refractivity contribution in [3.63, 3.8) is 0 Å². The second-order valence-electron chi connectivity index (χ2n) is 17.9. The van der Waals surface area contributed by atoms with E-state index >= 15 is 0 Å². The highest BCUT2D eigenvalue weighted by Crippen LogP contribution is 2.36. The fourth-order valence-corrected chi connectivity index (χ4v) is 10.7. The van der Waals surface area contributed by atoms with Gasteiger partial charge in [0, 0.05) is 88.1 Å². The Hall–Kier alpha value is -6.18. The Kier molecular flexibility index (Phi) is 24.3. The largest absolute Gasteiger partial charge is 0.492 e. The third-order valence-electron chi connectivity index (χ3n) is 12.2. The first kappa shape index (κ1) is 62.7. The molecule has 2 aromatic heterocycles. The average molecular weight is 1140 g/mol. The Balaban J connectivity index is 0.000000218. The highest BCUT2D eigenvalue weighted by molar-refractivity contribution is 7.25. The van der Waals surface area contributed by atoms with Crippen LogP contribution in [0, 0.1) is 0 Å². The number of benzene rings is 5. The summed E-state index contributed by atoms with van der Waals surface area (Å²) in [6.07, 6.45) is 0.0744. The number of rotatable bonds is 26. The molecule has 1 amide bonds. The highest BCUT2D eigenvalue weighted by atomic mass is 35.5. The topological polar surface area (TPSA) is 285 Å². The number of ketones is 1. The van der Waals surface area contributed by atoms with Gasteiger partial charge in [0.1, 0.15) is 29.5 Å². The molecule has 7 aromatic rings. The van der Waals surface area contributed by atoms with E-state index in [0.717, 1.165) is 14.1 Å². The van der Waals surface area contributed by atoms with Crippen molar-refractivity contribution in [1.29, 1.82) is 0 Å². The number of halogens is 1. The first-order valence-corrected chi connectivity index (χ1v) is 27.0. The van der Waals surface area contributed by atoms with Gasteiger partial charge in [0.25, 0.3) is 11.6 Å². The molecule has 0 spiro atoms. The standard InChI is InChI=1S/C21H23NO6S.C19H18ClNO5S.C16H25NO5/c1-2-21(20(26)27,22(9-11-23)10-12-24)28-14-7-8-18-16(13-14)19(25)15-5-3-4-6-17(15)29-18;20-13-5-6-14(26-11-16(24)21(7-9-22)8-10-23)19-17(13)18(25)12-3-1-2-4-15(12)27-19;1-16(2,21)15(20)13-3-5-14(6-4-13)22-12-9-17(7-10-18)8-11-19/h3-8,13,23-24H,2,9-12H2,1H3,(H,26,27);1-6,22-23H,7-11H2;3-6,18-19,21H,7-12H2,1-2H3. The van der Waals surface area contributed by atoms with E-state index in [9.17, 15) is 44.4 Å². The van der Waals surface area contributed by atoms with Gasteiger partial charge in [0.2, 0.25) is 0 Å². The fourth-order valence-electron chi connectivity index (χ4n) is 8.20. The molecule has 0 aliphatic heterocycles. The zero-order chi connectivity index (χ0) is 57.0. The normalized spacial score (nSPS) is 12.2. The third-order valence-corrected chi connectivity index (χ3v) is 14.8. The molecule has 0 bridgehead atoms. The van der Waals surface area contributed by atoms with Gasteiger partial charge in [-0.2, -0.15) is 0 Å². The van der Waals surface area contributed by atoms with Crippen LogP contribution in [0.25, 0.3) is 40.3 Å². The van der Waals surface area contributed by atoms with E-state index in [1.54, 1.807) is 85.8 Å². The predicted molar refractivity (Wildman–Crippen MR) is 303 cm³/mol. The summed E-state index contributed by atoms with van der Waals surface area (Å²) in [5, 5.41) is 76.5. The quantitative estimate of drug-likeness (QED) is 0.0205. The summed E-state index contributed by atoms with van der Waals surface area (Å²) < 4.78 is 20.2. The SMILES string of the molecule is CC(C)(O)C(=O)c1ccc(OCCN(CCO)CCO)cc1.CCC(Oc1ccc2sc3ccccc3c(=O)c2c1)(C(=O)O)N(CCO)CCO.O=C(COc1ccc(Cl)c2c(=O)c3ccccc3sc12)N(CCO)CCO. The van der Waals surface area contributed by atoms with Crippen molar-refractivity contribution in [2.45, 2.75) is 38.5 Å². The lowest BCUT2D eigenvalue weighted by atomic mass is 9.97. The lowest BCUT2D eigenvalue weighted by Gasteiger charge is -2.39. The number of hydrogen-bond donors (Lipinski definition) is 8. The van der Waals surface area contributed by atoms with E-state index in [2.05, 4.69) is 0 Å². The van der Waals surface area contributed by atoms with E-state index in [4.69, 9.17) is 46.2 Å². The fraction of sp³-hybridized carbons (Fsp3) is 0.375. The van der Waals surface area contributed by atoms with Crippen LogP contribution in [0.4, 0.5) is 0 Å². The van der Waals surface area contributed by atoms with Gasteiger partial charge >= 0.3 is 5.97 Å². The van der Waals surface area contributed by atoms with E-state index < -0.39 is 17.3 Å². The first-order chi connectivity index (χ1) is 37.4. The Morgan fingerprint density at radius 2 is 1.15 bits per heavy atom. The highest BCUT2D eigenvalue weighted by Gasteiger charge is 2.45. The van der Waals surface area contributed by atoms with Gasteiger partial charge in [0.05, 0.1) is 54.8 Å². The van der Waals surface area contributed by atoms with Crippen LogP contribution in [0.1, 0.15) is 37.6 Å². The summed E-state index contributed by atoms with van der Waals surface area (Å²) in [6, 6.07) is 29.3. The van der Waals surface area contributed by atoms with Gasteiger partial charge in [-0.25, -0.2) is 4.79 Å². The van der Waals surface area contributed by atoms with Crippen molar-refractivity contribution in [2.75, 3.05) is 98.7 Å². The van der Waals surface area contributed by atoms with E-state index in [-0.39, 0.29) is 107 Å². The van der Waals surface area contributed by atoms with E-state index in [1.165, 1.54) is 46.3 Å². The van der Waals surface area contributed by atoms with Gasteiger partial charge in [-0.3, -0.25) is 29.0 Å². The van der Waals surface area contributed by atoms with Crippen LogP contribution in [-0.2, 0) is 9.59 Å². The first-order valence-electron chi connectivity index (χ1n) is 25.0. The summed E-state index contributed by atoms with van der Waals surface area (Å²) in [6.45, 7) is 5.64. The number of carbonyl (C=O) groups excluding carboxylic acids is 2. The number of amides is 1. The number of aliphatic hydroxyl groups excluding tert-OH is 6. The Morgan fingerprint density at radius 3 is 1.71 bits per heavy atom. The van der Waals surface area contributed by atoms with Gasteiger partial charge < -0.3 is 60.0 Å². The lowest BCUT2D eigenvalue weighted by molar-refractivity contribution is -0.178. The molecule has 78 heavy (non-hydrogen) atoms. The number of aliphatic hydroxyl groups is 7. The van der Waals surface area contributed by atoms with E-state index in [0.29, 0.717) is 74.6 Å². The molecular weight excluding hydrogens is 1070 g/mol. The Bertz CT molecular complexity index is 3210. The van der Waals surface area contributed by atoms with Gasteiger partial charge in [-0.1, -0.05) is 42.8 Å². The van der Waals surface area contributed by atoms with Crippen LogP contribution < -0.4 is 25.1 Å². The van der Waals surface area contributed by atoms with Crippen LogP contribution in [-0.4, -0.2) is 183 Å². The molecule has 0 fully saturated rings. The molecule has 1 unspecified atom stereocenters. The zero-order valence-corrected chi connectivity index (χ0v) is 45.9. The summed E-state index contributed by atoms with van der Waals surface area (Å²) >= 11 is 9.10. The number of ether oxygens (including phenoxy) is 3. The second-order valence-corrected chi connectivity index (χ2v) is 20.5. The smallest absolute Gasteiger partial charge is 0.364 e. The predicted octanol–water partition coefficient (Wildman–Crippen LogP) is 4.84. The summed E-state index contributed by atoms with van der Waals surface area (Å²) in [4.78, 5) is 66.6. The van der Waals surface area contributed by atoms with Crippen LogP contribution >= 0.6 is 34.3 Å². The van der Waals surface area contributed by atoms with Crippen LogP contribution in [0.5, 0.6) is 17.2 Å². The summed E-state index contributed by atoms with van der Waals surface area (Å²) in [5.41, 5.74) is -3.05. The second kappa shape index (κ2) is 30.3. The van der Waals surface area contributed by atoms with Crippen molar-refractivity contribution in [3.05, 3.63) is 134 Å². The summed E-state index contributed by atoms with van der Waals surface area (Å²) in [7, 11) is 0. The summed E-state index contributed by atoms with van der Waals surface area (Å²) in [5.74, 6) is -0.679. The third kappa shape index (κ3) is 16.2. The Morgan fingerprint density at radius 1 is 0.615 bits per heavy atom. The molecule has 0 saturated heterocycles. The minimum absolute atomic E-state index is 0.0216. The molecule has 22 heteroatoms. The van der Waals surface area contributed by atoms with Crippen molar-refractivity contribution in [2.24, 2.45) is 0 Å². The van der Waals surface area contributed by atoms with Crippen molar-refractivity contribution in [1.82, 2.24) is 14.7 Å². The monoisotopic (exact) mass is 1140 g/mol. The maximum Gasteiger partial charge on any atom is 0.364 e. The zero-order valence-electron chi connectivity index (χ0n) is 43.5. The number of carbonyl (C=O) groups is 3. The van der Waals surface area contributed by atoms with Crippen LogP contribution in [0.3, 0.4) is 0 Å². The molecule has 19 nitrogen and oxygen atoms in total. The number of carboxylic acids is 1. The number of fused-ring (bicyclic) bond motifs is 4. The minimum Gasteiger partial charge on any atom is -0.492 e. The number of Topliss-reactive ketones (excluding diaryl/α,β-unsaturated/α-hetero) is 1. The number of nitrogens with zero attached hydrogens (tertiary/aromatic N) is 3. The molecule has 420 valence electrons. The van der Waals surface area contributed by atoms with Crippen LogP contribution in [0.2, 0.25) is 5.02 Å². The number of hydrogen-bond acceptors (Lipinski definition) is 19. The van der Waals surface area contributed by atoms with Crippen molar-refractivity contribution in [3.8, 4) is 17.2 Å². The van der Waals surface area contributed by atoms with Gasteiger partial charge in [-0.05, 0) is 92.7 Å². The van der Waals surface area contributed by atoms with Gasteiger partial charge in [0.15, 0.2) is 23.2 Å². The lowest BCUT2D eigenvalue weighted by Crippen LogP contribution is -2.60. The number of aliphatic carboxylic acids is 1. The molecule has 2 heterocycles. The maximum absolute atomic E-state index is 12.9. The number of carboxylic acid groups (broad SMARTS) is 1. The molecule has 5 aromatic carbocycles. The molecule has 0 radical (unpaired) electrons. The molecule has 7 rings (SSSR count). The van der Waals surface area contributed by atoms with Crippen molar-refractivity contribution >= 4 is 92.3 Å². The van der Waals surface area contributed by atoms with Gasteiger partial charge in [-0.15, -0.1) is 22.7 Å².